The summed E-state index contributed by atoms with van der Waals surface area (Å²) >= 11 is 0. The van der Waals surface area contributed by atoms with Crippen LogP contribution >= 0.6 is 6.89 Å². The number of β-lactam (4-membered cyclic amide) rings is 1. The lowest BCUT2D eigenvalue weighted by Crippen LogP contribution is -2.72. The molecule has 2 aliphatic rings. The predicted octanol–water partition coefficient (Wildman–Crippen LogP) is 7.92. The highest BCUT2D eigenvalue weighted by atomic mass is 31.2. The first-order chi connectivity index (χ1) is 26.3. The maximum atomic E-state index is 15.3. The van der Waals surface area contributed by atoms with E-state index in [2.05, 4.69) is 45.4 Å². The fraction of sp³-hybridized carbons (Fsp3) is 0.326. The molecule has 4 atom stereocenters. The van der Waals surface area contributed by atoms with Crippen molar-refractivity contribution in [2.45, 2.75) is 77.2 Å². The van der Waals surface area contributed by atoms with E-state index in [9.17, 15) is 4.79 Å². The maximum absolute atomic E-state index is 15.3. The van der Waals surface area contributed by atoms with Crippen LogP contribution in [-0.2, 0) is 23.5 Å². The van der Waals surface area contributed by atoms with E-state index in [1.807, 2.05) is 116 Å². The molecule has 3 aromatic carbocycles. The summed E-state index contributed by atoms with van der Waals surface area (Å²) in [7, 11) is -2.36. The number of rotatable bonds is 12. The lowest BCUT2D eigenvalue weighted by Gasteiger charge is -2.55. The monoisotopic (exact) mass is 772 g/mol. The molecule has 1 aliphatic carbocycles. The zero-order valence-electron chi connectivity index (χ0n) is 32.9. The first-order valence-corrected chi connectivity index (χ1v) is 23.9. The normalized spacial score (nSPS) is 20.4. The van der Waals surface area contributed by atoms with Crippen molar-refractivity contribution >= 4 is 60.3 Å². The van der Waals surface area contributed by atoms with Crippen LogP contribution in [0.4, 0.5) is 0 Å². The lowest BCUT2D eigenvalue weighted by molar-refractivity contribution is -0.162. The van der Waals surface area contributed by atoms with Crippen LogP contribution in [0.3, 0.4) is 0 Å². The quantitative estimate of drug-likeness (QED) is 0.0364. The van der Waals surface area contributed by atoms with Gasteiger partial charge in [0.15, 0.2) is 14.1 Å². The molecule has 1 aromatic heterocycles. The molecule has 7 nitrogen and oxygen atoms in total. The van der Waals surface area contributed by atoms with Crippen molar-refractivity contribution < 1.29 is 23.5 Å². The second-order valence-electron chi connectivity index (χ2n) is 16.0. The van der Waals surface area contributed by atoms with Crippen LogP contribution < -0.4 is 15.9 Å². The molecular formula is C46H53N2O5PSi. The Kier molecular flexibility index (Phi) is 12.1. The minimum absolute atomic E-state index is 0.00281. The smallest absolute Gasteiger partial charge is 0.356 e. The highest BCUT2D eigenvalue weighted by molar-refractivity contribution is 7.96. The molecule has 1 saturated heterocycles. The van der Waals surface area contributed by atoms with E-state index in [4.69, 9.17) is 9.16 Å². The van der Waals surface area contributed by atoms with Crippen molar-refractivity contribution in [2.24, 2.45) is 11.8 Å². The van der Waals surface area contributed by atoms with E-state index in [-0.39, 0.29) is 28.8 Å². The van der Waals surface area contributed by atoms with Gasteiger partial charge in [-0.15, -0.1) is 0 Å². The Morgan fingerprint density at radius 3 is 1.93 bits per heavy atom. The molecule has 2 heterocycles. The molecule has 286 valence electrons. The number of hydrogen-bond acceptors (Lipinski definition) is 6. The molecule has 0 radical (unpaired) electrons. The van der Waals surface area contributed by atoms with Crippen LogP contribution in [0, 0.1) is 11.8 Å². The number of ketones is 1. The van der Waals surface area contributed by atoms with Crippen molar-refractivity contribution in [1.82, 2.24) is 9.88 Å². The number of likely N-dealkylation sites (tertiary alicyclic amines) is 1. The van der Waals surface area contributed by atoms with Gasteiger partial charge in [-0.2, -0.15) is 0 Å². The van der Waals surface area contributed by atoms with Crippen molar-refractivity contribution in [1.29, 1.82) is 0 Å². The van der Waals surface area contributed by atoms with Crippen molar-refractivity contribution in [3.05, 3.63) is 139 Å². The minimum atomic E-state index is -3.17. The van der Waals surface area contributed by atoms with Gasteiger partial charge in [-0.1, -0.05) is 124 Å². The Bertz CT molecular complexity index is 1990. The molecule has 1 aliphatic heterocycles. The molecule has 0 N–H and O–H groups in total. The van der Waals surface area contributed by atoms with Gasteiger partial charge < -0.3 is 14.1 Å². The molecule has 0 bridgehead atoms. The van der Waals surface area contributed by atoms with Crippen LogP contribution in [0.25, 0.3) is 6.08 Å². The Morgan fingerprint density at radius 1 is 0.909 bits per heavy atom. The number of carbonyl (C=O) groups excluding carboxylic acids is 3. The third kappa shape index (κ3) is 7.78. The molecule has 1 saturated carbocycles. The summed E-state index contributed by atoms with van der Waals surface area (Å²) in [5.74, 6) is -2.06. The summed E-state index contributed by atoms with van der Waals surface area (Å²) in [6, 6.07) is 33.0. The Morgan fingerprint density at radius 2 is 1.44 bits per heavy atom. The number of esters is 1. The van der Waals surface area contributed by atoms with Gasteiger partial charge in [0.1, 0.15) is 12.0 Å². The zero-order chi connectivity index (χ0) is 39.4. The fourth-order valence-corrected chi connectivity index (χ4v) is 13.7. The summed E-state index contributed by atoms with van der Waals surface area (Å²) in [5, 5.41) is 2.58. The molecule has 4 aromatic rings. The van der Waals surface area contributed by atoms with E-state index < -0.39 is 45.2 Å². The van der Waals surface area contributed by atoms with Gasteiger partial charge in [-0.3, -0.25) is 14.6 Å². The van der Waals surface area contributed by atoms with Crippen LogP contribution in [0.2, 0.25) is 18.1 Å². The Hall–Kier alpha value is -4.62. The van der Waals surface area contributed by atoms with Crippen LogP contribution in [-0.4, -0.2) is 60.0 Å². The van der Waals surface area contributed by atoms with Gasteiger partial charge in [0.2, 0.25) is 5.91 Å². The summed E-state index contributed by atoms with van der Waals surface area (Å²) in [5.41, 5.74) is 1.88. The number of nitrogens with zero attached hydrogens (tertiary/aromatic N) is 2. The van der Waals surface area contributed by atoms with Gasteiger partial charge in [0.05, 0.1) is 18.1 Å². The molecule has 1 amide bonds. The average molecular weight is 773 g/mol. The standard InChI is InChI=1S/C46H53N2O5PSi/c1-8-31-52-45(51)44(54(36-20-12-9-13-21-36,37-22-14-10-15-23-37)38-24-16-11-17-25-38)48-41(40(43(48)50)33(2)53-55(6,7)46(3,4)5)39-26-18-19-35(42(39)49)32-34-27-29-47-30-28-34/h8-17,20-25,27-30,32-33,39-41H,1,18-19,26,31H2,2-7H3/b35-32+/t33-,39-,40-,41-/m1/s1. The number of pyridine rings is 1. The number of Topliss-reactive ketones (excluding diaryl/α,β-unsaturated/α-hetero) is 1. The number of carbonyl (C=O) groups is 3. The number of allylic oxidation sites excluding steroid dienone is 1. The number of amides is 1. The van der Waals surface area contributed by atoms with E-state index >= 15 is 9.59 Å². The second-order valence-corrected chi connectivity index (χ2v) is 24.1. The van der Waals surface area contributed by atoms with E-state index in [1.165, 1.54) is 6.08 Å². The van der Waals surface area contributed by atoms with Gasteiger partial charge in [0, 0.05) is 25.2 Å². The molecule has 2 fully saturated rings. The highest BCUT2D eigenvalue weighted by Crippen LogP contribution is 2.52. The van der Waals surface area contributed by atoms with Crippen LogP contribution in [0.15, 0.2) is 134 Å². The van der Waals surface area contributed by atoms with Gasteiger partial charge in [0.25, 0.3) is 0 Å². The molecule has 6 rings (SSSR count). The van der Waals surface area contributed by atoms with Crippen molar-refractivity contribution in [3.8, 4) is 0 Å². The summed E-state index contributed by atoms with van der Waals surface area (Å²) in [6.07, 6.45) is 8.40. The molecule has 55 heavy (non-hydrogen) atoms. The second kappa shape index (κ2) is 16.6. The third-order valence-electron chi connectivity index (χ3n) is 11.5. The van der Waals surface area contributed by atoms with E-state index in [0.717, 1.165) is 27.9 Å². The summed E-state index contributed by atoms with van der Waals surface area (Å²) in [6.45, 7) is 13.5. The molecule has 0 spiro atoms. The molecule has 0 unspecified atom stereocenters. The topological polar surface area (TPSA) is 85.8 Å². The lowest BCUT2D eigenvalue weighted by atomic mass is 9.69. The van der Waals surface area contributed by atoms with Gasteiger partial charge in [-0.25, -0.2) is 4.79 Å². The molecule has 9 heteroatoms. The van der Waals surface area contributed by atoms with Crippen molar-refractivity contribution in [2.75, 3.05) is 6.61 Å². The highest BCUT2D eigenvalue weighted by Gasteiger charge is 2.60. The van der Waals surface area contributed by atoms with Gasteiger partial charge >= 0.3 is 5.97 Å². The first kappa shape index (κ1) is 40.1. The van der Waals surface area contributed by atoms with Crippen LogP contribution in [0.1, 0.15) is 52.5 Å². The maximum Gasteiger partial charge on any atom is 0.356 e. The number of aromatic nitrogens is 1. The summed E-state index contributed by atoms with van der Waals surface area (Å²) in [4.78, 5) is 51.1. The third-order valence-corrected chi connectivity index (χ3v) is 20.4. The average Bonchev–Trinajstić information content (AvgIpc) is 3.18. The Balaban J connectivity index is 1.66. The number of ether oxygens (including phenoxy) is 1. The van der Waals surface area contributed by atoms with E-state index in [1.54, 1.807) is 17.3 Å². The van der Waals surface area contributed by atoms with Gasteiger partial charge in [-0.05, 0) is 89.6 Å². The van der Waals surface area contributed by atoms with Crippen molar-refractivity contribution in [3.63, 3.8) is 0 Å². The first-order valence-electron chi connectivity index (χ1n) is 19.2. The number of benzene rings is 3. The zero-order valence-corrected chi connectivity index (χ0v) is 34.7. The predicted molar refractivity (Wildman–Crippen MR) is 228 cm³/mol. The number of hydrogen-bond donors (Lipinski definition) is 0. The molecular weight excluding hydrogens is 720 g/mol. The minimum Gasteiger partial charge on any atom is -0.457 e. The van der Waals surface area contributed by atoms with Crippen LogP contribution in [0.5, 0.6) is 0 Å². The summed E-state index contributed by atoms with van der Waals surface area (Å²) < 4.78 is 13.0. The van der Waals surface area contributed by atoms with E-state index in [0.29, 0.717) is 18.4 Å². The largest absolute Gasteiger partial charge is 0.457 e. The Labute approximate surface area is 327 Å². The SMILES string of the molecule is C=CCOC(=O)C(N1C(=O)[C@H]([C@@H](C)O[Si](C)(C)C(C)(C)C)[C@H]1[C@H]1CCC/C(=C\c2ccncc2)C1=O)=P(c1ccccc1)(c1ccccc1)c1ccccc1. The fourth-order valence-electron chi connectivity index (χ4n) is 7.90.